The monoisotopic (exact) mass is 288 g/mol. The van der Waals surface area contributed by atoms with Crippen LogP contribution in [0.3, 0.4) is 0 Å². The highest BCUT2D eigenvalue weighted by molar-refractivity contribution is 5.94. The largest absolute Gasteiger partial charge is 0.373 e. The third-order valence-electron chi connectivity index (χ3n) is 3.14. The number of anilines is 1. The van der Waals surface area contributed by atoms with Gasteiger partial charge in [-0.3, -0.25) is 9.89 Å². The molecule has 7 heteroatoms. The topological polar surface area (TPSA) is 86.8 Å². The van der Waals surface area contributed by atoms with Crippen molar-refractivity contribution >= 4 is 11.7 Å². The van der Waals surface area contributed by atoms with Crippen LogP contribution in [0.4, 0.5) is 5.82 Å². The van der Waals surface area contributed by atoms with Gasteiger partial charge in [0, 0.05) is 25.4 Å². The van der Waals surface area contributed by atoms with Crippen LogP contribution in [0.2, 0.25) is 0 Å². The van der Waals surface area contributed by atoms with Crippen molar-refractivity contribution in [3.63, 3.8) is 0 Å². The second kappa shape index (κ2) is 6.34. The normalized spacial score (nSPS) is 10.7. The van der Waals surface area contributed by atoms with Gasteiger partial charge in [0.15, 0.2) is 0 Å². The van der Waals surface area contributed by atoms with Crippen molar-refractivity contribution in [1.29, 1.82) is 0 Å². The van der Waals surface area contributed by atoms with Crippen LogP contribution in [-0.4, -0.2) is 45.1 Å². The van der Waals surface area contributed by atoms with Crippen LogP contribution in [0.25, 0.3) is 0 Å². The molecule has 0 atom stereocenters. The maximum Gasteiger partial charge on any atom is 0.254 e. The molecular weight excluding hydrogens is 268 g/mol. The molecule has 0 aromatic carbocycles. The Bertz CT molecular complexity index is 608. The van der Waals surface area contributed by atoms with E-state index < -0.39 is 0 Å². The first kappa shape index (κ1) is 15.0. The Hall–Kier alpha value is -2.44. The van der Waals surface area contributed by atoms with E-state index in [1.807, 2.05) is 19.9 Å². The molecule has 2 aromatic heterocycles. The molecule has 0 saturated carbocycles. The summed E-state index contributed by atoms with van der Waals surface area (Å²) in [6.07, 6.45) is 1.43. The van der Waals surface area contributed by atoms with Gasteiger partial charge in [0.05, 0.1) is 6.54 Å². The first-order chi connectivity index (χ1) is 10.0. The van der Waals surface area contributed by atoms with E-state index in [0.29, 0.717) is 23.8 Å². The second-order valence-electron chi connectivity index (χ2n) is 5.16. The van der Waals surface area contributed by atoms with Gasteiger partial charge < -0.3 is 10.2 Å². The predicted octanol–water partition coefficient (Wildman–Crippen LogP) is 1.64. The quantitative estimate of drug-likeness (QED) is 0.873. The Labute approximate surface area is 123 Å². The van der Waals surface area contributed by atoms with Crippen molar-refractivity contribution in [2.24, 2.45) is 0 Å². The van der Waals surface area contributed by atoms with Crippen molar-refractivity contribution in [3.05, 3.63) is 35.5 Å². The predicted molar refractivity (Wildman–Crippen MR) is 80.1 cm³/mol. The van der Waals surface area contributed by atoms with Crippen molar-refractivity contribution in [2.45, 2.75) is 26.3 Å². The van der Waals surface area contributed by atoms with E-state index in [9.17, 15) is 4.79 Å². The fourth-order valence-electron chi connectivity index (χ4n) is 1.92. The van der Waals surface area contributed by atoms with E-state index in [2.05, 4.69) is 25.5 Å². The minimum absolute atomic E-state index is 0.0767. The van der Waals surface area contributed by atoms with E-state index in [-0.39, 0.29) is 11.8 Å². The average molecular weight is 288 g/mol. The molecule has 2 heterocycles. The van der Waals surface area contributed by atoms with Gasteiger partial charge in [-0.25, -0.2) is 9.97 Å². The number of hydrogen-bond donors (Lipinski definition) is 2. The Morgan fingerprint density at radius 2 is 2.19 bits per heavy atom. The van der Waals surface area contributed by atoms with E-state index in [1.165, 1.54) is 6.33 Å². The second-order valence-corrected chi connectivity index (χ2v) is 5.16. The maximum atomic E-state index is 12.5. The summed E-state index contributed by atoms with van der Waals surface area (Å²) in [6, 6.07) is 3.59. The summed E-state index contributed by atoms with van der Waals surface area (Å²) >= 11 is 0. The highest BCUT2D eigenvalue weighted by Gasteiger charge is 2.16. The molecule has 112 valence electrons. The van der Waals surface area contributed by atoms with Crippen LogP contribution in [0.5, 0.6) is 0 Å². The van der Waals surface area contributed by atoms with Gasteiger partial charge in [0.2, 0.25) is 0 Å². The summed E-state index contributed by atoms with van der Waals surface area (Å²) in [6.45, 7) is 4.48. The Morgan fingerprint density at radius 1 is 1.43 bits per heavy atom. The Balaban J connectivity index is 2.23. The van der Waals surface area contributed by atoms with Gasteiger partial charge in [0.1, 0.15) is 18.0 Å². The first-order valence-electron chi connectivity index (χ1n) is 6.80. The van der Waals surface area contributed by atoms with Gasteiger partial charge in [-0.2, -0.15) is 5.10 Å². The molecule has 0 fully saturated rings. The number of nitrogens with zero attached hydrogens (tertiary/aromatic N) is 4. The van der Waals surface area contributed by atoms with Crippen LogP contribution >= 0.6 is 0 Å². The van der Waals surface area contributed by atoms with Crippen LogP contribution in [0.15, 0.2) is 18.5 Å². The van der Waals surface area contributed by atoms with Crippen molar-refractivity contribution in [1.82, 2.24) is 25.1 Å². The van der Waals surface area contributed by atoms with Crippen LogP contribution < -0.4 is 5.32 Å². The standard InChI is InChI=1S/C14H20N6O/c1-9(2)11-5-10(6-12(15-3)18-11)14(21)20(4)7-13-16-8-17-19-13/h5-6,8-9H,7H2,1-4H3,(H,15,18)(H,16,17,19). The van der Waals surface area contributed by atoms with Gasteiger partial charge >= 0.3 is 0 Å². The summed E-state index contributed by atoms with van der Waals surface area (Å²) in [5.74, 6) is 1.52. The molecule has 0 bridgehead atoms. The molecule has 7 nitrogen and oxygen atoms in total. The summed E-state index contributed by atoms with van der Waals surface area (Å²) in [5.41, 5.74) is 1.50. The van der Waals surface area contributed by atoms with Gasteiger partial charge in [-0.15, -0.1) is 0 Å². The van der Waals surface area contributed by atoms with Crippen molar-refractivity contribution in [3.8, 4) is 0 Å². The molecule has 2 aromatic rings. The lowest BCUT2D eigenvalue weighted by Gasteiger charge is -2.17. The number of aromatic amines is 1. The Morgan fingerprint density at radius 3 is 2.76 bits per heavy atom. The van der Waals surface area contributed by atoms with E-state index >= 15 is 0 Å². The van der Waals surface area contributed by atoms with Crippen LogP contribution in [-0.2, 0) is 6.54 Å². The molecule has 0 saturated heterocycles. The number of carbonyl (C=O) groups excluding carboxylic acids is 1. The van der Waals surface area contributed by atoms with E-state index in [4.69, 9.17) is 0 Å². The van der Waals surface area contributed by atoms with E-state index in [1.54, 1.807) is 25.1 Å². The molecule has 0 radical (unpaired) electrons. The molecule has 1 amide bonds. The fraction of sp³-hybridized carbons (Fsp3) is 0.429. The molecule has 0 spiro atoms. The average Bonchev–Trinajstić information content (AvgIpc) is 2.98. The number of rotatable bonds is 5. The molecular formula is C14H20N6O. The van der Waals surface area contributed by atoms with Gasteiger partial charge in [0.25, 0.3) is 5.91 Å². The molecule has 0 aliphatic carbocycles. The zero-order valence-corrected chi connectivity index (χ0v) is 12.7. The van der Waals surface area contributed by atoms with Gasteiger partial charge in [-0.1, -0.05) is 13.8 Å². The molecule has 0 unspecified atom stereocenters. The molecule has 2 rings (SSSR count). The third kappa shape index (κ3) is 3.56. The van der Waals surface area contributed by atoms with Crippen LogP contribution in [0, 0.1) is 0 Å². The maximum absolute atomic E-state index is 12.5. The smallest absolute Gasteiger partial charge is 0.254 e. The number of nitrogens with one attached hydrogen (secondary N) is 2. The summed E-state index contributed by atoms with van der Waals surface area (Å²) in [5, 5.41) is 9.52. The van der Waals surface area contributed by atoms with Crippen LogP contribution in [0.1, 0.15) is 41.6 Å². The summed E-state index contributed by atoms with van der Waals surface area (Å²) in [7, 11) is 3.53. The fourth-order valence-corrected chi connectivity index (χ4v) is 1.92. The van der Waals surface area contributed by atoms with Gasteiger partial charge in [-0.05, 0) is 18.1 Å². The third-order valence-corrected chi connectivity index (χ3v) is 3.14. The number of aromatic nitrogens is 4. The molecule has 0 aliphatic rings. The number of hydrogen-bond acceptors (Lipinski definition) is 5. The zero-order chi connectivity index (χ0) is 15.4. The number of pyridine rings is 1. The summed E-state index contributed by atoms with van der Waals surface area (Å²) < 4.78 is 0. The number of carbonyl (C=O) groups is 1. The number of H-pyrrole nitrogens is 1. The lowest BCUT2D eigenvalue weighted by Crippen LogP contribution is -2.27. The number of amides is 1. The highest BCUT2D eigenvalue weighted by atomic mass is 16.2. The Kier molecular flexibility index (Phi) is 4.52. The zero-order valence-electron chi connectivity index (χ0n) is 12.7. The van der Waals surface area contributed by atoms with E-state index in [0.717, 1.165) is 5.69 Å². The molecule has 21 heavy (non-hydrogen) atoms. The lowest BCUT2D eigenvalue weighted by atomic mass is 10.1. The minimum Gasteiger partial charge on any atom is -0.373 e. The van der Waals surface area contributed by atoms with Crippen molar-refractivity contribution < 1.29 is 4.79 Å². The highest BCUT2D eigenvalue weighted by Crippen LogP contribution is 2.18. The lowest BCUT2D eigenvalue weighted by molar-refractivity contribution is 0.0781. The van der Waals surface area contributed by atoms with Crippen molar-refractivity contribution in [2.75, 3.05) is 19.4 Å². The molecule has 0 aliphatic heterocycles. The molecule has 2 N–H and O–H groups in total. The minimum atomic E-state index is -0.0767. The SMILES string of the molecule is CNc1cc(C(=O)N(C)Cc2ncn[nH]2)cc(C(C)C)n1. The summed E-state index contributed by atoms with van der Waals surface area (Å²) in [4.78, 5) is 22.6. The first-order valence-corrected chi connectivity index (χ1v) is 6.80.